The highest BCUT2D eigenvalue weighted by Gasteiger charge is 2.35. The van der Waals surface area contributed by atoms with Gasteiger partial charge in [-0.1, -0.05) is 54.6 Å². The Morgan fingerprint density at radius 3 is 2.34 bits per heavy atom. The Morgan fingerprint density at radius 2 is 1.71 bits per heavy atom. The van der Waals surface area contributed by atoms with Gasteiger partial charge in [0.2, 0.25) is 17.7 Å². The quantitative estimate of drug-likeness (QED) is 0.269. The molecule has 0 unspecified atom stereocenters. The third-order valence-electron chi connectivity index (χ3n) is 6.91. The number of aliphatic hydroxyl groups excluding tert-OH is 1. The van der Waals surface area contributed by atoms with Gasteiger partial charge in [0.05, 0.1) is 6.10 Å². The second-order valence-electron chi connectivity index (χ2n) is 11.3. The lowest BCUT2D eigenvalue weighted by Crippen LogP contribution is -2.56. The maximum absolute atomic E-state index is 14.2. The van der Waals surface area contributed by atoms with Crippen molar-refractivity contribution in [3.05, 3.63) is 82.6 Å². The number of carbonyl (C=O) groups excluding carboxylic acids is 3. The van der Waals surface area contributed by atoms with E-state index in [1.54, 1.807) is 27.1 Å². The number of hydrogen-bond acceptors (Lipinski definition) is 6. The minimum atomic E-state index is -0.861. The van der Waals surface area contributed by atoms with Gasteiger partial charge < -0.3 is 26.0 Å². The van der Waals surface area contributed by atoms with Gasteiger partial charge in [-0.2, -0.15) is 0 Å². The van der Waals surface area contributed by atoms with Gasteiger partial charge in [-0.3, -0.25) is 14.4 Å². The van der Waals surface area contributed by atoms with Gasteiger partial charge in [-0.25, -0.2) is 0 Å². The Kier molecular flexibility index (Phi) is 11.2. The van der Waals surface area contributed by atoms with Gasteiger partial charge in [-0.15, -0.1) is 11.3 Å². The summed E-state index contributed by atoms with van der Waals surface area (Å²) in [4.78, 5) is 44.5. The number of thiophene rings is 1. The van der Waals surface area contributed by atoms with Crippen molar-refractivity contribution >= 4 is 39.8 Å². The van der Waals surface area contributed by atoms with Gasteiger partial charge in [-0.05, 0) is 61.1 Å². The molecule has 1 heterocycles. The van der Waals surface area contributed by atoms with E-state index in [9.17, 15) is 19.5 Å². The number of carbonyl (C=O) groups is 3. The van der Waals surface area contributed by atoms with Crippen LogP contribution >= 0.6 is 11.3 Å². The van der Waals surface area contributed by atoms with Crippen LogP contribution in [-0.4, -0.2) is 77.0 Å². The van der Waals surface area contributed by atoms with Crippen molar-refractivity contribution in [3.63, 3.8) is 0 Å². The van der Waals surface area contributed by atoms with Crippen molar-refractivity contribution in [1.82, 2.24) is 15.1 Å². The highest BCUT2D eigenvalue weighted by atomic mass is 32.1. The van der Waals surface area contributed by atoms with Crippen LogP contribution < -0.4 is 11.1 Å². The molecule has 1 aromatic heterocycles. The average molecular weight is 579 g/mol. The molecule has 3 atom stereocenters. The van der Waals surface area contributed by atoms with Gasteiger partial charge in [0, 0.05) is 43.9 Å². The fourth-order valence-corrected chi connectivity index (χ4v) is 5.24. The molecule has 2 aromatic carbocycles. The van der Waals surface area contributed by atoms with Crippen molar-refractivity contribution in [2.75, 3.05) is 20.6 Å². The zero-order valence-electron chi connectivity index (χ0n) is 24.5. The van der Waals surface area contributed by atoms with Gasteiger partial charge in [0.15, 0.2) is 0 Å². The number of fused-ring (bicyclic) bond motifs is 1. The molecule has 3 amide bonds. The van der Waals surface area contributed by atoms with Gasteiger partial charge >= 0.3 is 0 Å². The molecule has 0 bridgehead atoms. The summed E-state index contributed by atoms with van der Waals surface area (Å²) in [5.74, 6) is -1.04. The molecular weight excluding hydrogens is 536 g/mol. The molecule has 0 radical (unpaired) electrons. The van der Waals surface area contributed by atoms with Crippen LogP contribution in [0.4, 0.5) is 0 Å². The fourth-order valence-electron chi connectivity index (χ4n) is 4.49. The summed E-state index contributed by atoms with van der Waals surface area (Å²) in [5, 5.41) is 16.5. The molecule has 3 aromatic rings. The summed E-state index contributed by atoms with van der Waals surface area (Å²) >= 11 is 1.51. The number of hydrogen-bond donors (Lipinski definition) is 3. The van der Waals surface area contributed by atoms with Crippen molar-refractivity contribution in [3.8, 4) is 0 Å². The number of amides is 3. The number of nitrogens with zero attached hydrogens (tertiary/aromatic N) is 2. The van der Waals surface area contributed by atoms with E-state index in [1.165, 1.54) is 27.2 Å². The second kappa shape index (κ2) is 14.4. The summed E-state index contributed by atoms with van der Waals surface area (Å²) in [6.45, 7) is 5.41. The van der Waals surface area contributed by atoms with Crippen LogP contribution in [0.2, 0.25) is 0 Å². The predicted octanol–water partition coefficient (Wildman–Crippen LogP) is 3.52. The van der Waals surface area contributed by atoms with E-state index in [0.29, 0.717) is 12.8 Å². The lowest BCUT2D eigenvalue weighted by atomic mass is 9.99. The molecule has 4 N–H and O–H groups in total. The Balaban J connectivity index is 1.93. The van der Waals surface area contributed by atoms with E-state index in [-0.39, 0.29) is 30.7 Å². The molecule has 3 rings (SSSR count). The molecule has 0 saturated carbocycles. The number of rotatable bonds is 13. The second-order valence-corrected chi connectivity index (χ2v) is 12.3. The van der Waals surface area contributed by atoms with Crippen LogP contribution in [-0.2, 0) is 27.2 Å². The Bertz CT molecular complexity index is 1350. The first kappa shape index (κ1) is 32.0. The molecule has 0 aliphatic carbocycles. The molecule has 8 nitrogen and oxygen atoms in total. The summed E-state index contributed by atoms with van der Waals surface area (Å²) in [5.41, 5.74) is 6.49. The van der Waals surface area contributed by atoms with E-state index >= 15 is 0 Å². The van der Waals surface area contributed by atoms with Crippen molar-refractivity contribution in [1.29, 1.82) is 0 Å². The smallest absolute Gasteiger partial charge is 0.246 e. The molecule has 0 aliphatic heterocycles. The zero-order chi connectivity index (χ0) is 30.2. The van der Waals surface area contributed by atoms with Gasteiger partial charge in [0.25, 0.3) is 0 Å². The van der Waals surface area contributed by atoms with Crippen LogP contribution in [0.5, 0.6) is 0 Å². The predicted molar refractivity (Wildman–Crippen MR) is 166 cm³/mol. The molecule has 0 fully saturated rings. The summed E-state index contributed by atoms with van der Waals surface area (Å²) in [6.07, 6.45) is 3.54. The minimum absolute atomic E-state index is 0.0724. The molecule has 9 heteroatoms. The Morgan fingerprint density at radius 1 is 1.00 bits per heavy atom. The first-order chi connectivity index (χ1) is 19.4. The SMILES string of the molecule is C[C@H](O)CNC(=O)[C@@H](Cc1cccs1)N(C)C(=O)[C@@H](Cc1ccc2ccccc2c1)N(C)C(=O)C=CCC(C)(C)N. The molecule has 0 spiro atoms. The van der Waals surface area contributed by atoms with Crippen molar-refractivity contribution < 1.29 is 19.5 Å². The van der Waals surface area contributed by atoms with Crippen LogP contribution in [0.25, 0.3) is 10.8 Å². The first-order valence-electron chi connectivity index (χ1n) is 13.8. The molecule has 0 aliphatic rings. The molecule has 0 saturated heterocycles. The standard InChI is InChI=1S/C32H42N4O4S/c1-22(37)21-34-30(39)27(20-26-12-9-17-41-26)36(5)31(40)28(35(4)29(38)13-8-16-32(2,3)33)19-23-14-15-24-10-6-7-11-25(24)18-23/h6-15,17-18,22,27-28,37H,16,19-21,33H2,1-5H3,(H,34,39)/t22-,27+,28+/m0/s1. The summed E-state index contributed by atoms with van der Waals surface area (Å²) < 4.78 is 0. The van der Waals surface area contributed by atoms with Crippen LogP contribution in [0.1, 0.15) is 37.6 Å². The van der Waals surface area contributed by atoms with Crippen molar-refractivity contribution in [2.24, 2.45) is 5.73 Å². The summed E-state index contributed by atoms with van der Waals surface area (Å²) in [7, 11) is 3.21. The maximum Gasteiger partial charge on any atom is 0.246 e. The normalized spacial score (nSPS) is 14.0. The highest BCUT2D eigenvalue weighted by molar-refractivity contribution is 7.09. The Hall–Kier alpha value is -3.53. The van der Waals surface area contributed by atoms with E-state index < -0.39 is 23.7 Å². The molecule has 41 heavy (non-hydrogen) atoms. The van der Waals surface area contributed by atoms with E-state index in [4.69, 9.17) is 5.73 Å². The highest BCUT2D eigenvalue weighted by Crippen LogP contribution is 2.21. The maximum atomic E-state index is 14.2. The lowest BCUT2D eigenvalue weighted by Gasteiger charge is -2.34. The third-order valence-corrected chi connectivity index (χ3v) is 7.81. The molecule has 220 valence electrons. The van der Waals surface area contributed by atoms with Crippen LogP contribution in [0.3, 0.4) is 0 Å². The number of aliphatic hydroxyl groups is 1. The fraction of sp³-hybridized carbons (Fsp3) is 0.406. The minimum Gasteiger partial charge on any atom is -0.392 e. The lowest BCUT2D eigenvalue weighted by molar-refractivity contribution is -0.146. The number of nitrogens with two attached hydrogens (primary N) is 1. The Labute approximate surface area is 246 Å². The summed E-state index contributed by atoms with van der Waals surface area (Å²) in [6, 6.07) is 16.1. The van der Waals surface area contributed by atoms with Gasteiger partial charge in [0.1, 0.15) is 12.1 Å². The first-order valence-corrected chi connectivity index (χ1v) is 14.7. The van der Waals surface area contributed by atoms with E-state index in [0.717, 1.165) is 21.2 Å². The van der Waals surface area contributed by atoms with Crippen LogP contribution in [0, 0.1) is 0 Å². The number of nitrogens with one attached hydrogen (secondary N) is 1. The van der Waals surface area contributed by atoms with Crippen molar-refractivity contribution in [2.45, 2.75) is 63.8 Å². The van der Waals surface area contributed by atoms with Crippen LogP contribution in [0.15, 0.2) is 72.1 Å². The molecular formula is C32H42N4O4S. The monoisotopic (exact) mass is 578 g/mol. The largest absolute Gasteiger partial charge is 0.392 e. The van der Waals surface area contributed by atoms with E-state index in [1.807, 2.05) is 73.8 Å². The average Bonchev–Trinajstić information content (AvgIpc) is 3.44. The third kappa shape index (κ3) is 9.52. The zero-order valence-corrected chi connectivity index (χ0v) is 25.4. The number of benzene rings is 2. The topological polar surface area (TPSA) is 116 Å². The number of likely N-dealkylation sites (N-methyl/N-ethyl adjacent to an activating group) is 2. The van der Waals surface area contributed by atoms with E-state index in [2.05, 4.69) is 5.32 Å².